The predicted molar refractivity (Wildman–Crippen MR) is 52.8 cm³/mol. The normalized spacial score (nSPS) is 10.1. The molecule has 0 aliphatic carbocycles. The van der Waals surface area contributed by atoms with Crippen LogP contribution in [0.25, 0.3) is 0 Å². The van der Waals surface area contributed by atoms with Gasteiger partial charge in [-0.3, -0.25) is 0 Å². The van der Waals surface area contributed by atoms with Crippen LogP contribution in [-0.4, -0.2) is 12.6 Å². The summed E-state index contributed by atoms with van der Waals surface area (Å²) in [7, 11) is 0. The van der Waals surface area contributed by atoms with E-state index in [0.717, 1.165) is 0 Å². The van der Waals surface area contributed by atoms with Gasteiger partial charge in [-0.2, -0.15) is 0 Å². The Hall–Kier alpha value is -1.77. The second-order valence-electron chi connectivity index (χ2n) is 2.49. The van der Waals surface area contributed by atoms with Crippen molar-refractivity contribution in [1.29, 1.82) is 0 Å². The molecule has 0 aliphatic heterocycles. The van der Waals surface area contributed by atoms with Crippen LogP contribution in [0.4, 0.5) is 0 Å². The fraction of sp³-hybridized carbons (Fsp3) is 0.182. The van der Waals surface area contributed by atoms with Gasteiger partial charge in [-0.25, -0.2) is 4.79 Å². The Kier molecular flexibility index (Phi) is 4.27. The van der Waals surface area contributed by atoms with Crippen LogP contribution in [0, 0.1) is 0 Å². The van der Waals surface area contributed by atoms with Crippen molar-refractivity contribution in [3.05, 3.63) is 42.7 Å². The molecular formula is C11H12O3. The maximum Gasteiger partial charge on any atom is 0.333 e. The quantitative estimate of drug-likeness (QED) is 0.416. The third kappa shape index (κ3) is 3.76. The molecule has 0 saturated heterocycles. The number of carbonyl (C=O) groups excluding carboxylic acids is 1. The van der Waals surface area contributed by atoms with Gasteiger partial charge >= 0.3 is 5.97 Å². The fourth-order valence-electron chi connectivity index (χ4n) is 0.858. The fourth-order valence-corrected chi connectivity index (χ4v) is 0.858. The highest BCUT2D eigenvalue weighted by atomic mass is 16.5. The molecule has 0 aromatic heterocycles. The van der Waals surface area contributed by atoms with Crippen LogP contribution < -0.4 is 4.74 Å². The molecule has 14 heavy (non-hydrogen) atoms. The molecule has 74 valence electrons. The molecule has 0 amide bonds. The van der Waals surface area contributed by atoms with Gasteiger partial charge in [0.25, 0.3) is 0 Å². The Morgan fingerprint density at radius 2 is 2.07 bits per heavy atom. The Morgan fingerprint density at radius 1 is 1.36 bits per heavy atom. The number of rotatable bonds is 4. The lowest BCUT2D eigenvalue weighted by atomic mass is 10.3. The molecule has 0 atom stereocenters. The van der Waals surface area contributed by atoms with E-state index in [4.69, 9.17) is 4.74 Å². The number of ether oxygens (including phenoxy) is 2. The highest BCUT2D eigenvalue weighted by Crippen LogP contribution is 2.08. The number of benzene rings is 1. The zero-order valence-electron chi connectivity index (χ0n) is 7.97. The third-order valence-electron chi connectivity index (χ3n) is 1.44. The molecule has 0 aliphatic rings. The van der Waals surface area contributed by atoms with Crippen molar-refractivity contribution < 1.29 is 14.3 Å². The van der Waals surface area contributed by atoms with E-state index < -0.39 is 5.97 Å². The van der Waals surface area contributed by atoms with Crippen LogP contribution in [-0.2, 0) is 9.53 Å². The van der Waals surface area contributed by atoms with Gasteiger partial charge in [-0.1, -0.05) is 18.2 Å². The Labute approximate surface area is 83.0 Å². The van der Waals surface area contributed by atoms with Gasteiger partial charge in [-0.15, -0.1) is 0 Å². The first-order valence-corrected chi connectivity index (χ1v) is 4.38. The molecule has 1 aromatic carbocycles. The summed E-state index contributed by atoms with van der Waals surface area (Å²) in [6.07, 6.45) is 2.56. The monoisotopic (exact) mass is 192 g/mol. The zero-order chi connectivity index (χ0) is 10.2. The van der Waals surface area contributed by atoms with E-state index in [1.807, 2.05) is 18.2 Å². The minimum Gasteiger partial charge on any atom is -0.465 e. The lowest BCUT2D eigenvalue weighted by Gasteiger charge is -1.98. The highest BCUT2D eigenvalue weighted by molar-refractivity contribution is 5.81. The van der Waals surface area contributed by atoms with Crippen molar-refractivity contribution in [2.45, 2.75) is 6.92 Å². The van der Waals surface area contributed by atoms with Gasteiger partial charge in [0.1, 0.15) is 5.75 Å². The second kappa shape index (κ2) is 5.80. The standard InChI is InChI=1S/C11H12O3/c1-2-13-11(12)8-9-14-10-6-4-3-5-7-10/h3-9H,2H2,1H3. The summed E-state index contributed by atoms with van der Waals surface area (Å²) >= 11 is 0. The van der Waals surface area contributed by atoms with Crippen molar-refractivity contribution in [3.8, 4) is 5.75 Å². The van der Waals surface area contributed by atoms with E-state index in [9.17, 15) is 4.79 Å². The van der Waals surface area contributed by atoms with Gasteiger partial charge in [0, 0.05) is 0 Å². The lowest BCUT2D eigenvalue weighted by molar-refractivity contribution is -0.137. The first-order valence-electron chi connectivity index (χ1n) is 4.38. The average molecular weight is 192 g/mol. The van der Waals surface area contributed by atoms with Gasteiger partial charge in [0.05, 0.1) is 18.9 Å². The highest BCUT2D eigenvalue weighted by Gasteiger charge is 1.93. The minimum atomic E-state index is -0.400. The number of hydrogen-bond acceptors (Lipinski definition) is 3. The van der Waals surface area contributed by atoms with Crippen LogP contribution in [0.1, 0.15) is 6.92 Å². The van der Waals surface area contributed by atoms with E-state index in [1.165, 1.54) is 12.3 Å². The smallest absolute Gasteiger partial charge is 0.333 e. The maximum atomic E-state index is 10.8. The Balaban J connectivity index is 2.37. The number of carbonyl (C=O) groups is 1. The SMILES string of the molecule is CCOC(=O)C=COc1ccccc1. The number of esters is 1. The first kappa shape index (κ1) is 10.3. The summed E-state index contributed by atoms with van der Waals surface area (Å²) in [4.78, 5) is 10.8. The van der Waals surface area contributed by atoms with E-state index in [2.05, 4.69) is 4.74 Å². The molecule has 3 nitrogen and oxygen atoms in total. The molecule has 0 N–H and O–H groups in total. The molecule has 0 radical (unpaired) electrons. The summed E-state index contributed by atoms with van der Waals surface area (Å²) in [5.41, 5.74) is 0. The molecule has 0 bridgehead atoms. The van der Waals surface area contributed by atoms with Crippen LogP contribution in [0.2, 0.25) is 0 Å². The minimum absolute atomic E-state index is 0.370. The number of hydrogen-bond donors (Lipinski definition) is 0. The van der Waals surface area contributed by atoms with Gasteiger partial charge < -0.3 is 9.47 Å². The molecule has 0 spiro atoms. The van der Waals surface area contributed by atoms with Crippen molar-refractivity contribution in [1.82, 2.24) is 0 Å². The first-order chi connectivity index (χ1) is 6.83. The van der Waals surface area contributed by atoms with Crippen LogP contribution in [0.5, 0.6) is 5.75 Å². The average Bonchev–Trinajstić information content (AvgIpc) is 2.20. The van der Waals surface area contributed by atoms with Gasteiger partial charge in [0.2, 0.25) is 0 Å². The summed E-state index contributed by atoms with van der Waals surface area (Å²) in [6.45, 7) is 2.12. The van der Waals surface area contributed by atoms with E-state index >= 15 is 0 Å². The Bertz CT molecular complexity index is 304. The van der Waals surface area contributed by atoms with E-state index in [1.54, 1.807) is 19.1 Å². The van der Waals surface area contributed by atoms with Crippen molar-refractivity contribution >= 4 is 5.97 Å². The van der Waals surface area contributed by atoms with Crippen LogP contribution in [0.15, 0.2) is 42.7 Å². The largest absolute Gasteiger partial charge is 0.465 e. The zero-order valence-corrected chi connectivity index (χ0v) is 7.97. The molecule has 0 saturated carbocycles. The summed E-state index contributed by atoms with van der Waals surface area (Å²) in [5.74, 6) is 0.288. The predicted octanol–water partition coefficient (Wildman–Crippen LogP) is 2.14. The molecule has 1 rings (SSSR count). The van der Waals surface area contributed by atoms with Gasteiger partial charge in [-0.05, 0) is 19.1 Å². The molecular weight excluding hydrogens is 180 g/mol. The maximum absolute atomic E-state index is 10.8. The van der Waals surface area contributed by atoms with E-state index in [-0.39, 0.29) is 0 Å². The number of para-hydroxylation sites is 1. The van der Waals surface area contributed by atoms with Crippen molar-refractivity contribution in [2.75, 3.05) is 6.61 Å². The third-order valence-corrected chi connectivity index (χ3v) is 1.44. The molecule has 0 heterocycles. The second-order valence-corrected chi connectivity index (χ2v) is 2.49. The molecule has 0 unspecified atom stereocenters. The molecule has 3 heteroatoms. The van der Waals surface area contributed by atoms with E-state index in [0.29, 0.717) is 12.4 Å². The summed E-state index contributed by atoms with van der Waals surface area (Å²) < 4.78 is 9.82. The Morgan fingerprint density at radius 3 is 2.71 bits per heavy atom. The molecule has 0 fully saturated rings. The van der Waals surface area contributed by atoms with Crippen LogP contribution >= 0.6 is 0 Å². The summed E-state index contributed by atoms with van der Waals surface area (Å²) in [5, 5.41) is 0. The topological polar surface area (TPSA) is 35.5 Å². The summed E-state index contributed by atoms with van der Waals surface area (Å²) in [6, 6.07) is 9.20. The van der Waals surface area contributed by atoms with Crippen molar-refractivity contribution in [2.24, 2.45) is 0 Å². The van der Waals surface area contributed by atoms with Crippen molar-refractivity contribution in [3.63, 3.8) is 0 Å². The van der Waals surface area contributed by atoms with Gasteiger partial charge in [0.15, 0.2) is 0 Å². The van der Waals surface area contributed by atoms with Crippen LogP contribution in [0.3, 0.4) is 0 Å². The molecule has 1 aromatic rings. The lowest BCUT2D eigenvalue weighted by Crippen LogP contribution is -1.99.